The topological polar surface area (TPSA) is 40.5 Å². The Kier molecular flexibility index (Phi) is 5.34. The normalized spacial score (nSPS) is 10.4. The summed E-state index contributed by atoms with van der Waals surface area (Å²) in [6.07, 6.45) is 6.82. The lowest BCUT2D eigenvalue weighted by atomic mass is 9.94. The van der Waals surface area contributed by atoms with E-state index in [0.717, 1.165) is 27.1 Å². The lowest BCUT2D eigenvalue weighted by Crippen LogP contribution is -1.93. The SMILES string of the molecule is C=CCc1cc(O)ccc1-c1cc(SC)cc(CC=C)c1O. The third kappa shape index (κ3) is 3.37. The van der Waals surface area contributed by atoms with Crippen LogP contribution in [0.25, 0.3) is 11.1 Å². The van der Waals surface area contributed by atoms with E-state index in [1.54, 1.807) is 36.0 Å². The maximum atomic E-state index is 10.6. The molecule has 0 unspecified atom stereocenters. The van der Waals surface area contributed by atoms with E-state index in [1.807, 2.05) is 24.5 Å². The standard InChI is InChI=1S/C19H20O2S/c1-4-6-13-10-15(20)8-9-17(13)18-12-16(22-3)11-14(7-5-2)19(18)21/h4-5,8-12,20-21H,1-2,6-7H2,3H3. The zero-order valence-corrected chi connectivity index (χ0v) is 13.5. The van der Waals surface area contributed by atoms with Gasteiger partial charge < -0.3 is 10.2 Å². The first-order valence-corrected chi connectivity index (χ1v) is 8.27. The second-order valence-corrected chi connectivity index (χ2v) is 5.89. The molecule has 0 radical (unpaired) electrons. The van der Waals surface area contributed by atoms with Crippen molar-refractivity contribution in [2.45, 2.75) is 17.7 Å². The molecule has 0 amide bonds. The minimum absolute atomic E-state index is 0.215. The lowest BCUT2D eigenvalue weighted by molar-refractivity contribution is 0.470. The van der Waals surface area contributed by atoms with Gasteiger partial charge in [-0.25, -0.2) is 0 Å². The number of rotatable bonds is 6. The first-order chi connectivity index (χ1) is 10.6. The van der Waals surface area contributed by atoms with Gasteiger partial charge in [-0.15, -0.1) is 24.9 Å². The Bertz CT molecular complexity index is 705. The summed E-state index contributed by atoms with van der Waals surface area (Å²) in [7, 11) is 0. The molecule has 0 bridgehead atoms. The second kappa shape index (κ2) is 7.23. The van der Waals surface area contributed by atoms with Crippen LogP contribution in [0.2, 0.25) is 0 Å². The minimum Gasteiger partial charge on any atom is -0.508 e. The molecule has 0 heterocycles. The Morgan fingerprint density at radius 1 is 0.955 bits per heavy atom. The van der Waals surface area contributed by atoms with Gasteiger partial charge in [0.2, 0.25) is 0 Å². The van der Waals surface area contributed by atoms with Crippen molar-refractivity contribution in [1.29, 1.82) is 0 Å². The summed E-state index contributed by atoms with van der Waals surface area (Å²) in [6, 6.07) is 9.16. The van der Waals surface area contributed by atoms with Crippen molar-refractivity contribution < 1.29 is 10.2 Å². The molecule has 114 valence electrons. The Labute approximate surface area is 135 Å². The number of hydrogen-bond donors (Lipinski definition) is 2. The fraction of sp³-hybridized carbons (Fsp3) is 0.158. The van der Waals surface area contributed by atoms with Crippen LogP contribution in [0.15, 0.2) is 60.5 Å². The van der Waals surface area contributed by atoms with Crippen LogP contribution in [0.3, 0.4) is 0 Å². The molecule has 22 heavy (non-hydrogen) atoms. The van der Waals surface area contributed by atoms with Gasteiger partial charge in [0.05, 0.1) is 0 Å². The summed E-state index contributed by atoms with van der Waals surface area (Å²) < 4.78 is 0. The average Bonchev–Trinajstić information content (AvgIpc) is 2.50. The molecule has 2 aromatic carbocycles. The van der Waals surface area contributed by atoms with Gasteiger partial charge in [-0.05, 0) is 60.1 Å². The minimum atomic E-state index is 0.215. The summed E-state index contributed by atoms with van der Waals surface area (Å²) in [5, 5.41) is 20.3. The summed E-state index contributed by atoms with van der Waals surface area (Å²) in [5.74, 6) is 0.487. The van der Waals surface area contributed by atoms with E-state index in [-0.39, 0.29) is 11.5 Å². The van der Waals surface area contributed by atoms with Crippen LogP contribution in [-0.4, -0.2) is 16.5 Å². The highest BCUT2D eigenvalue weighted by Gasteiger charge is 2.14. The van der Waals surface area contributed by atoms with E-state index < -0.39 is 0 Å². The molecule has 0 aliphatic rings. The maximum absolute atomic E-state index is 10.6. The number of benzene rings is 2. The molecule has 0 saturated heterocycles. The molecule has 0 saturated carbocycles. The molecular formula is C19H20O2S. The zero-order valence-electron chi connectivity index (χ0n) is 12.7. The van der Waals surface area contributed by atoms with Gasteiger partial charge in [0.15, 0.2) is 0 Å². The summed E-state index contributed by atoms with van der Waals surface area (Å²) >= 11 is 1.63. The molecule has 0 spiro atoms. The van der Waals surface area contributed by atoms with Crippen molar-refractivity contribution in [3.05, 3.63) is 66.8 Å². The fourth-order valence-corrected chi connectivity index (χ4v) is 2.96. The Morgan fingerprint density at radius 2 is 1.64 bits per heavy atom. The largest absolute Gasteiger partial charge is 0.508 e. The Balaban J connectivity index is 2.68. The monoisotopic (exact) mass is 312 g/mol. The van der Waals surface area contributed by atoms with Crippen LogP contribution in [0.4, 0.5) is 0 Å². The van der Waals surface area contributed by atoms with Crippen molar-refractivity contribution in [1.82, 2.24) is 0 Å². The van der Waals surface area contributed by atoms with E-state index in [0.29, 0.717) is 12.8 Å². The van der Waals surface area contributed by atoms with E-state index in [4.69, 9.17) is 0 Å². The van der Waals surface area contributed by atoms with Gasteiger partial charge in [0, 0.05) is 10.5 Å². The molecular weight excluding hydrogens is 292 g/mol. The molecule has 2 N–H and O–H groups in total. The summed E-state index contributed by atoms with van der Waals surface area (Å²) in [5.41, 5.74) is 3.49. The molecule has 0 aromatic heterocycles. The molecule has 0 atom stereocenters. The fourth-order valence-electron chi connectivity index (χ4n) is 2.47. The van der Waals surface area contributed by atoms with Gasteiger partial charge in [-0.1, -0.05) is 18.2 Å². The highest BCUT2D eigenvalue weighted by Crippen LogP contribution is 2.39. The van der Waals surface area contributed by atoms with Crippen LogP contribution in [0, 0.1) is 0 Å². The van der Waals surface area contributed by atoms with Crippen molar-refractivity contribution in [3.63, 3.8) is 0 Å². The third-order valence-corrected chi connectivity index (χ3v) is 4.21. The van der Waals surface area contributed by atoms with Gasteiger partial charge in [-0.2, -0.15) is 0 Å². The quantitative estimate of drug-likeness (QED) is 0.586. The number of aromatic hydroxyl groups is 2. The molecule has 0 fully saturated rings. The molecule has 2 rings (SSSR count). The summed E-state index contributed by atoms with van der Waals surface area (Å²) in [6.45, 7) is 7.51. The third-order valence-electron chi connectivity index (χ3n) is 3.51. The highest BCUT2D eigenvalue weighted by molar-refractivity contribution is 7.98. The Hall–Kier alpha value is -2.13. The van der Waals surface area contributed by atoms with E-state index in [9.17, 15) is 10.2 Å². The van der Waals surface area contributed by atoms with Crippen molar-refractivity contribution in [2.75, 3.05) is 6.26 Å². The molecule has 2 aromatic rings. The molecule has 0 aliphatic carbocycles. The maximum Gasteiger partial charge on any atom is 0.126 e. The van der Waals surface area contributed by atoms with Crippen LogP contribution < -0.4 is 0 Å². The number of phenolic OH excluding ortho intramolecular Hbond substituents is 2. The van der Waals surface area contributed by atoms with Gasteiger partial charge in [0.25, 0.3) is 0 Å². The van der Waals surface area contributed by atoms with E-state index >= 15 is 0 Å². The lowest BCUT2D eigenvalue weighted by Gasteiger charge is -2.15. The number of phenols is 2. The predicted octanol–water partition coefficient (Wildman–Crippen LogP) is 4.94. The van der Waals surface area contributed by atoms with E-state index in [2.05, 4.69) is 13.2 Å². The van der Waals surface area contributed by atoms with E-state index in [1.165, 1.54) is 0 Å². The second-order valence-electron chi connectivity index (χ2n) is 5.01. The average molecular weight is 312 g/mol. The predicted molar refractivity (Wildman–Crippen MR) is 94.8 cm³/mol. The first-order valence-electron chi connectivity index (χ1n) is 7.04. The number of allylic oxidation sites excluding steroid dienone is 2. The first kappa shape index (κ1) is 16.2. The Morgan fingerprint density at radius 3 is 2.27 bits per heavy atom. The number of thioether (sulfide) groups is 1. The number of hydrogen-bond acceptors (Lipinski definition) is 3. The van der Waals surface area contributed by atoms with Crippen LogP contribution in [0.1, 0.15) is 11.1 Å². The summed E-state index contributed by atoms with van der Waals surface area (Å²) in [4.78, 5) is 1.09. The van der Waals surface area contributed by atoms with Crippen LogP contribution in [0.5, 0.6) is 11.5 Å². The van der Waals surface area contributed by atoms with Crippen molar-refractivity contribution >= 4 is 11.8 Å². The van der Waals surface area contributed by atoms with Gasteiger partial charge >= 0.3 is 0 Å². The van der Waals surface area contributed by atoms with Crippen molar-refractivity contribution in [2.24, 2.45) is 0 Å². The molecule has 2 nitrogen and oxygen atoms in total. The highest BCUT2D eigenvalue weighted by atomic mass is 32.2. The smallest absolute Gasteiger partial charge is 0.126 e. The van der Waals surface area contributed by atoms with Crippen molar-refractivity contribution in [3.8, 4) is 22.6 Å². The van der Waals surface area contributed by atoms with Crippen LogP contribution in [-0.2, 0) is 12.8 Å². The zero-order chi connectivity index (χ0) is 16.1. The van der Waals surface area contributed by atoms with Gasteiger partial charge in [0.1, 0.15) is 11.5 Å². The molecule has 3 heteroatoms. The molecule has 0 aliphatic heterocycles. The van der Waals surface area contributed by atoms with Crippen LogP contribution >= 0.6 is 11.8 Å². The van der Waals surface area contributed by atoms with Gasteiger partial charge in [-0.3, -0.25) is 0 Å².